The van der Waals surface area contributed by atoms with E-state index in [0.29, 0.717) is 11.6 Å². The van der Waals surface area contributed by atoms with Gasteiger partial charge in [-0.2, -0.15) is 0 Å². The van der Waals surface area contributed by atoms with Gasteiger partial charge >= 0.3 is 0 Å². The quantitative estimate of drug-likeness (QED) is 0.587. The molecule has 3 aromatic rings. The minimum absolute atomic E-state index is 0.386. The van der Waals surface area contributed by atoms with Crippen molar-refractivity contribution in [2.75, 3.05) is 6.26 Å². The average molecular weight is 332 g/mol. The number of nitrogens with zero attached hydrogens (tertiary/aromatic N) is 4. The summed E-state index contributed by atoms with van der Waals surface area (Å²) in [6.45, 7) is 0.386. The normalized spacial score (nSPS) is 10.9. The second-order valence-electron chi connectivity index (χ2n) is 4.53. The van der Waals surface area contributed by atoms with E-state index in [4.69, 9.17) is 17.3 Å². The maximum absolute atomic E-state index is 6.12. The zero-order chi connectivity index (χ0) is 15.5. The lowest BCUT2D eigenvalue weighted by molar-refractivity contribution is 0.894. The summed E-state index contributed by atoms with van der Waals surface area (Å²) in [5.41, 5.74) is 7.56. The molecule has 0 radical (unpaired) electrons. The predicted octanol–water partition coefficient (Wildman–Crippen LogP) is 3.16. The minimum atomic E-state index is 0.386. The molecule has 0 saturated carbocycles. The van der Waals surface area contributed by atoms with Crippen molar-refractivity contribution in [1.82, 2.24) is 19.5 Å². The molecule has 0 aliphatic carbocycles. The van der Waals surface area contributed by atoms with Crippen molar-refractivity contribution in [3.05, 3.63) is 53.4 Å². The van der Waals surface area contributed by atoms with Crippen molar-refractivity contribution in [2.45, 2.75) is 11.7 Å². The van der Waals surface area contributed by atoms with E-state index in [-0.39, 0.29) is 0 Å². The largest absolute Gasteiger partial charge is 0.326 e. The fraction of sp³-hybridized carbons (Fsp3) is 0.133. The summed E-state index contributed by atoms with van der Waals surface area (Å²) in [4.78, 5) is 13.1. The van der Waals surface area contributed by atoms with Crippen LogP contribution in [0.4, 0.5) is 0 Å². The zero-order valence-electron chi connectivity index (χ0n) is 11.9. The number of hydrogen-bond donors (Lipinski definition) is 1. The van der Waals surface area contributed by atoms with Gasteiger partial charge in [0.2, 0.25) is 0 Å². The van der Waals surface area contributed by atoms with Crippen LogP contribution in [0.1, 0.15) is 5.56 Å². The van der Waals surface area contributed by atoms with Gasteiger partial charge in [-0.1, -0.05) is 23.4 Å². The summed E-state index contributed by atoms with van der Waals surface area (Å²) in [5, 5.41) is 1.38. The van der Waals surface area contributed by atoms with E-state index in [2.05, 4.69) is 15.0 Å². The molecule has 112 valence electrons. The Morgan fingerprint density at radius 1 is 1.23 bits per heavy atom. The molecule has 2 N–H and O–H groups in total. The summed E-state index contributed by atoms with van der Waals surface area (Å²) in [7, 11) is 0. The summed E-state index contributed by atoms with van der Waals surface area (Å²) >= 11 is 7.62. The number of rotatable bonds is 4. The summed E-state index contributed by atoms with van der Waals surface area (Å²) in [5.74, 6) is 1.56. The van der Waals surface area contributed by atoms with Crippen LogP contribution in [-0.2, 0) is 6.54 Å². The van der Waals surface area contributed by atoms with Crippen LogP contribution in [0.25, 0.3) is 17.2 Å². The molecule has 0 saturated heterocycles. The first-order valence-electron chi connectivity index (χ1n) is 6.62. The molecule has 0 unspecified atom stereocenters. The molecular weight excluding hydrogens is 318 g/mol. The second kappa shape index (κ2) is 6.48. The lowest BCUT2D eigenvalue weighted by Crippen LogP contribution is -2.02. The van der Waals surface area contributed by atoms with Gasteiger partial charge in [0.25, 0.3) is 0 Å². The molecule has 0 aliphatic heterocycles. The Morgan fingerprint density at radius 2 is 2.09 bits per heavy atom. The van der Waals surface area contributed by atoms with Gasteiger partial charge in [0.05, 0.1) is 0 Å². The van der Waals surface area contributed by atoms with Crippen LogP contribution >= 0.6 is 23.4 Å². The Morgan fingerprint density at radius 3 is 2.86 bits per heavy atom. The van der Waals surface area contributed by atoms with Crippen LogP contribution in [0.5, 0.6) is 0 Å². The lowest BCUT2D eigenvalue weighted by Gasteiger charge is -2.09. The van der Waals surface area contributed by atoms with Crippen molar-refractivity contribution in [2.24, 2.45) is 5.73 Å². The number of thioether (sulfide) groups is 1. The van der Waals surface area contributed by atoms with Gasteiger partial charge in [0.15, 0.2) is 5.16 Å². The Balaban J connectivity index is 2.09. The number of benzene rings is 1. The molecule has 0 aliphatic rings. The standard InChI is InChI=1S/C15H14ClN5S/c1-22-15-19-5-4-13(20-15)21-7-6-18-14(21)10-2-3-12(16)11(8-10)9-17/h2-8H,9,17H2,1H3. The lowest BCUT2D eigenvalue weighted by atomic mass is 10.1. The van der Waals surface area contributed by atoms with E-state index in [9.17, 15) is 0 Å². The number of aromatic nitrogens is 4. The monoisotopic (exact) mass is 331 g/mol. The molecule has 0 fully saturated rings. The fourth-order valence-corrected chi connectivity index (χ4v) is 2.68. The Kier molecular flexibility index (Phi) is 4.42. The number of nitrogens with two attached hydrogens (primary N) is 1. The molecule has 5 nitrogen and oxygen atoms in total. The van der Waals surface area contributed by atoms with Crippen molar-refractivity contribution in [3.8, 4) is 17.2 Å². The molecule has 2 heterocycles. The van der Waals surface area contributed by atoms with Crippen LogP contribution in [0.15, 0.2) is 48.0 Å². The molecule has 0 atom stereocenters. The molecule has 7 heteroatoms. The van der Waals surface area contributed by atoms with Gasteiger partial charge in [0, 0.05) is 35.7 Å². The highest BCUT2D eigenvalue weighted by molar-refractivity contribution is 7.98. The topological polar surface area (TPSA) is 69.6 Å². The third-order valence-electron chi connectivity index (χ3n) is 3.21. The summed E-state index contributed by atoms with van der Waals surface area (Å²) < 4.78 is 1.92. The maximum atomic E-state index is 6.12. The van der Waals surface area contributed by atoms with E-state index in [1.807, 2.05) is 41.3 Å². The van der Waals surface area contributed by atoms with Gasteiger partial charge in [0.1, 0.15) is 11.6 Å². The van der Waals surface area contributed by atoms with Gasteiger partial charge < -0.3 is 5.73 Å². The highest BCUT2D eigenvalue weighted by Gasteiger charge is 2.11. The summed E-state index contributed by atoms with van der Waals surface area (Å²) in [6.07, 6.45) is 7.30. The summed E-state index contributed by atoms with van der Waals surface area (Å²) in [6, 6.07) is 7.57. The number of halogens is 1. The van der Waals surface area contributed by atoms with Crippen molar-refractivity contribution in [1.29, 1.82) is 0 Å². The smallest absolute Gasteiger partial charge is 0.189 e. The van der Waals surface area contributed by atoms with Crippen LogP contribution in [-0.4, -0.2) is 25.8 Å². The van der Waals surface area contributed by atoms with E-state index in [0.717, 1.165) is 27.9 Å². The van der Waals surface area contributed by atoms with Gasteiger partial charge in [-0.25, -0.2) is 15.0 Å². The Labute approximate surface area is 137 Å². The van der Waals surface area contributed by atoms with Gasteiger partial charge in [-0.05, 0) is 36.1 Å². The van der Waals surface area contributed by atoms with E-state index >= 15 is 0 Å². The fourth-order valence-electron chi connectivity index (χ4n) is 2.14. The third-order valence-corrected chi connectivity index (χ3v) is 4.14. The first kappa shape index (κ1) is 15.0. The van der Waals surface area contributed by atoms with Crippen LogP contribution < -0.4 is 5.73 Å². The zero-order valence-corrected chi connectivity index (χ0v) is 13.5. The molecule has 2 aromatic heterocycles. The van der Waals surface area contributed by atoms with Crippen molar-refractivity contribution >= 4 is 23.4 Å². The van der Waals surface area contributed by atoms with Crippen LogP contribution in [0, 0.1) is 0 Å². The van der Waals surface area contributed by atoms with E-state index in [1.54, 1.807) is 12.4 Å². The third kappa shape index (κ3) is 2.85. The molecule has 1 aromatic carbocycles. The molecule has 0 spiro atoms. The first-order chi connectivity index (χ1) is 10.7. The molecule has 0 amide bonds. The van der Waals surface area contributed by atoms with Crippen molar-refractivity contribution in [3.63, 3.8) is 0 Å². The van der Waals surface area contributed by atoms with Gasteiger partial charge in [-0.3, -0.25) is 4.57 Å². The Hall–Kier alpha value is -1.89. The SMILES string of the molecule is CSc1nccc(-n2ccnc2-c2ccc(Cl)c(CN)c2)n1. The molecule has 22 heavy (non-hydrogen) atoms. The second-order valence-corrected chi connectivity index (χ2v) is 5.71. The van der Waals surface area contributed by atoms with Gasteiger partial charge in [-0.15, -0.1) is 0 Å². The highest BCUT2D eigenvalue weighted by atomic mass is 35.5. The van der Waals surface area contributed by atoms with E-state index < -0.39 is 0 Å². The average Bonchev–Trinajstić information content (AvgIpc) is 3.05. The number of hydrogen-bond acceptors (Lipinski definition) is 5. The van der Waals surface area contributed by atoms with E-state index in [1.165, 1.54) is 11.8 Å². The van der Waals surface area contributed by atoms with Crippen molar-refractivity contribution < 1.29 is 0 Å². The van der Waals surface area contributed by atoms with Crippen LogP contribution in [0.3, 0.4) is 0 Å². The molecular formula is C15H14ClN5S. The minimum Gasteiger partial charge on any atom is -0.326 e. The predicted molar refractivity (Wildman–Crippen MR) is 89.3 cm³/mol. The number of imidazole rings is 1. The molecule has 0 bridgehead atoms. The first-order valence-corrected chi connectivity index (χ1v) is 8.23. The van der Waals surface area contributed by atoms with Crippen LogP contribution in [0.2, 0.25) is 5.02 Å². The highest BCUT2D eigenvalue weighted by Crippen LogP contribution is 2.25. The molecule has 3 rings (SSSR count). The Bertz CT molecular complexity index is 802. The maximum Gasteiger partial charge on any atom is 0.189 e.